The van der Waals surface area contributed by atoms with Crippen molar-refractivity contribution in [2.75, 3.05) is 31.1 Å². The molecule has 0 amide bonds. The Morgan fingerprint density at radius 3 is 2.95 bits per heavy atom. The van der Waals surface area contributed by atoms with Crippen LogP contribution in [0.5, 0.6) is 0 Å². The van der Waals surface area contributed by atoms with Crippen LogP contribution in [0.3, 0.4) is 0 Å². The van der Waals surface area contributed by atoms with Gasteiger partial charge in [0.2, 0.25) is 0 Å². The number of halogens is 2. The Balaban J connectivity index is 1.80. The summed E-state index contributed by atoms with van der Waals surface area (Å²) in [6, 6.07) is 7.18. The van der Waals surface area contributed by atoms with Crippen LogP contribution in [0.4, 0.5) is 5.69 Å². The molecule has 2 fully saturated rings. The smallest absolute Gasteiger partial charge is 0.0494 e. The highest BCUT2D eigenvalue weighted by Gasteiger charge is 2.29. The van der Waals surface area contributed by atoms with Crippen LogP contribution in [-0.2, 0) is 5.88 Å². The van der Waals surface area contributed by atoms with Gasteiger partial charge in [-0.1, -0.05) is 28.4 Å². The van der Waals surface area contributed by atoms with Crippen molar-refractivity contribution in [2.45, 2.75) is 31.2 Å². The predicted octanol–water partition coefficient (Wildman–Crippen LogP) is 3.86. The maximum absolute atomic E-state index is 6.09. The van der Waals surface area contributed by atoms with Crippen molar-refractivity contribution >= 4 is 33.2 Å². The second-order valence-electron chi connectivity index (χ2n) is 5.54. The van der Waals surface area contributed by atoms with Crippen LogP contribution >= 0.6 is 27.5 Å². The van der Waals surface area contributed by atoms with Gasteiger partial charge >= 0.3 is 0 Å². The summed E-state index contributed by atoms with van der Waals surface area (Å²) in [6.45, 7) is 4.76. The van der Waals surface area contributed by atoms with Crippen molar-refractivity contribution in [1.82, 2.24) is 4.90 Å². The Morgan fingerprint density at radius 1 is 1.21 bits per heavy atom. The molecular weight excluding hydrogens is 324 g/mol. The van der Waals surface area contributed by atoms with Crippen molar-refractivity contribution in [1.29, 1.82) is 0 Å². The third-order valence-electron chi connectivity index (χ3n) is 4.37. The molecule has 1 aromatic carbocycles. The standard InChI is InChI=1S/C15H20BrClN2/c16-13-5-4-12(10-17)15(9-13)19-8-7-18-6-2-1-3-14(18)11-19/h4-5,9,14H,1-3,6-8,10-11H2. The van der Waals surface area contributed by atoms with Crippen LogP contribution in [0.25, 0.3) is 0 Å². The van der Waals surface area contributed by atoms with E-state index in [-0.39, 0.29) is 0 Å². The normalized spacial score (nSPS) is 24.3. The Kier molecular flexibility index (Phi) is 4.35. The van der Waals surface area contributed by atoms with E-state index in [9.17, 15) is 0 Å². The average Bonchev–Trinajstić information content (AvgIpc) is 2.46. The summed E-state index contributed by atoms with van der Waals surface area (Å²) in [5.74, 6) is 0.591. The molecule has 0 bridgehead atoms. The maximum atomic E-state index is 6.09. The largest absolute Gasteiger partial charge is 0.368 e. The van der Waals surface area contributed by atoms with Crippen molar-refractivity contribution in [2.24, 2.45) is 0 Å². The minimum absolute atomic E-state index is 0.591. The summed E-state index contributed by atoms with van der Waals surface area (Å²) >= 11 is 9.67. The molecule has 4 heteroatoms. The highest BCUT2D eigenvalue weighted by molar-refractivity contribution is 9.10. The van der Waals surface area contributed by atoms with Gasteiger partial charge in [0.1, 0.15) is 0 Å². The number of fused-ring (bicyclic) bond motifs is 1. The van der Waals surface area contributed by atoms with E-state index in [1.165, 1.54) is 43.6 Å². The highest BCUT2D eigenvalue weighted by atomic mass is 79.9. The highest BCUT2D eigenvalue weighted by Crippen LogP contribution is 2.30. The first-order valence-corrected chi connectivity index (χ1v) is 8.44. The molecule has 2 nitrogen and oxygen atoms in total. The van der Waals surface area contributed by atoms with E-state index in [2.05, 4.69) is 43.9 Å². The zero-order valence-corrected chi connectivity index (χ0v) is 13.5. The molecule has 3 rings (SSSR count). The monoisotopic (exact) mass is 342 g/mol. The fraction of sp³-hybridized carbons (Fsp3) is 0.600. The topological polar surface area (TPSA) is 6.48 Å². The molecule has 1 atom stereocenters. The zero-order chi connectivity index (χ0) is 13.2. The average molecular weight is 344 g/mol. The SMILES string of the molecule is ClCc1ccc(Br)cc1N1CCN2CCCCC2C1. The number of rotatable bonds is 2. The lowest BCUT2D eigenvalue weighted by Crippen LogP contribution is -2.55. The van der Waals surface area contributed by atoms with Gasteiger partial charge in [0.15, 0.2) is 0 Å². The van der Waals surface area contributed by atoms with Crippen LogP contribution in [0.15, 0.2) is 22.7 Å². The number of hydrogen-bond donors (Lipinski definition) is 0. The van der Waals surface area contributed by atoms with Gasteiger partial charge in [-0.15, -0.1) is 11.6 Å². The molecule has 0 aliphatic carbocycles. The molecule has 0 radical (unpaired) electrons. The molecule has 0 saturated carbocycles. The van der Waals surface area contributed by atoms with E-state index in [4.69, 9.17) is 11.6 Å². The summed E-state index contributed by atoms with van der Waals surface area (Å²) < 4.78 is 1.14. The van der Waals surface area contributed by atoms with Crippen LogP contribution in [0, 0.1) is 0 Å². The molecule has 0 aromatic heterocycles. The van der Waals surface area contributed by atoms with Crippen LogP contribution in [0.1, 0.15) is 24.8 Å². The van der Waals surface area contributed by atoms with Crippen LogP contribution < -0.4 is 4.90 Å². The predicted molar refractivity (Wildman–Crippen MR) is 85.1 cm³/mol. The number of nitrogens with zero attached hydrogens (tertiary/aromatic N) is 2. The summed E-state index contributed by atoms with van der Waals surface area (Å²) in [4.78, 5) is 5.19. The van der Waals surface area contributed by atoms with Gasteiger partial charge in [-0.2, -0.15) is 0 Å². The van der Waals surface area contributed by atoms with E-state index in [0.29, 0.717) is 5.88 Å². The Hall–Kier alpha value is -0.250. The molecule has 2 aliphatic rings. The van der Waals surface area contributed by atoms with Gasteiger partial charge in [-0.05, 0) is 37.1 Å². The molecule has 2 heterocycles. The van der Waals surface area contributed by atoms with E-state index in [1.54, 1.807) is 0 Å². The lowest BCUT2D eigenvalue weighted by atomic mass is 9.99. The molecule has 19 heavy (non-hydrogen) atoms. The van der Waals surface area contributed by atoms with Crippen molar-refractivity contribution in [3.63, 3.8) is 0 Å². The van der Waals surface area contributed by atoms with Crippen LogP contribution in [-0.4, -0.2) is 37.1 Å². The van der Waals surface area contributed by atoms with Crippen LogP contribution in [0.2, 0.25) is 0 Å². The first-order chi connectivity index (χ1) is 9.28. The number of piperidine rings is 1. The third-order valence-corrected chi connectivity index (χ3v) is 5.15. The summed E-state index contributed by atoms with van der Waals surface area (Å²) in [5.41, 5.74) is 2.56. The zero-order valence-electron chi connectivity index (χ0n) is 11.1. The minimum atomic E-state index is 0.591. The van der Waals surface area contributed by atoms with E-state index < -0.39 is 0 Å². The lowest BCUT2D eigenvalue weighted by molar-refractivity contribution is 0.133. The molecule has 0 spiro atoms. The van der Waals surface area contributed by atoms with Crippen molar-refractivity contribution < 1.29 is 0 Å². The van der Waals surface area contributed by atoms with Gasteiger partial charge in [-0.3, -0.25) is 4.90 Å². The molecule has 104 valence electrons. The molecule has 2 aliphatic heterocycles. The van der Waals surface area contributed by atoms with E-state index >= 15 is 0 Å². The fourth-order valence-corrected chi connectivity index (χ4v) is 3.89. The number of piperazine rings is 1. The fourth-order valence-electron chi connectivity index (χ4n) is 3.32. The number of benzene rings is 1. The van der Waals surface area contributed by atoms with Gasteiger partial charge < -0.3 is 4.90 Å². The second kappa shape index (κ2) is 6.02. The van der Waals surface area contributed by atoms with Gasteiger partial charge in [0.05, 0.1) is 0 Å². The first-order valence-electron chi connectivity index (χ1n) is 7.11. The summed E-state index contributed by atoms with van der Waals surface area (Å²) in [5, 5.41) is 0. The molecular formula is C15H20BrClN2. The van der Waals surface area contributed by atoms with Crippen molar-refractivity contribution in [3.05, 3.63) is 28.2 Å². The second-order valence-corrected chi connectivity index (χ2v) is 6.72. The molecule has 2 saturated heterocycles. The molecule has 1 aromatic rings. The third kappa shape index (κ3) is 2.93. The van der Waals surface area contributed by atoms with Crippen molar-refractivity contribution in [3.8, 4) is 0 Å². The number of hydrogen-bond acceptors (Lipinski definition) is 2. The molecule has 1 unspecified atom stereocenters. The quantitative estimate of drug-likeness (QED) is 0.752. The first kappa shape index (κ1) is 13.7. The van der Waals surface area contributed by atoms with E-state index in [0.717, 1.165) is 23.6 Å². The summed E-state index contributed by atoms with van der Waals surface area (Å²) in [7, 11) is 0. The number of alkyl halides is 1. The minimum Gasteiger partial charge on any atom is -0.368 e. The number of anilines is 1. The van der Waals surface area contributed by atoms with Gasteiger partial charge in [0.25, 0.3) is 0 Å². The Bertz CT molecular complexity index is 452. The Morgan fingerprint density at radius 2 is 2.11 bits per heavy atom. The van der Waals surface area contributed by atoms with E-state index in [1.807, 2.05) is 0 Å². The Labute approximate surface area is 128 Å². The lowest BCUT2D eigenvalue weighted by Gasteiger charge is -2.45. The molecule has 0 N–H and O–H groups in total. The summed E-state index contributed by atoms with van der Waals surface area (Å²) in [6.07, 6.45) is 4.11. The maximum Gasteiger partial charge on any atom is 0.0494 e. The van der Waals surface area contributed by atoms with Gasteiger partial charge in [-0.25, -0.2) is 0 Å². The van der Waals surface area contributed by atoms with Gasteiger partial charge in [0, 0.05) is 41.7 Å².